The summed E-state index contributed by atoms with van der Waals surface area (Å²) >= 11 is 0. The molecule has 0 unspecified atom stereocenters. The van der Waals surface area contributed by atoms with E-state index >= 15 is 0 Å². The maximum absolute atomic E-state index is 13.2. The van der Waals surface area contributed by atoms with Crippen LogP contribution in [0.3, 0.4) is 0 Å². The van der Waals surface area contributed by atoms with Gasteiger partial charge >= 0.3 is 0 Å². The van der Waals surface area contributed by atoms with Crippen molar-refractivity contribution in [2.75, 3.05) is 0 Å². The molecule has 1 aliphatic rings. The van der Waals surface area contributed by atoms with Gasteiger partial charge in [0.15, 0.2) is 0 Å². The smallest absolute Gasteiger partial charge is 0.265 e. The number of aryl methyl sites for hydroxylation is 1. The second-order valence-corrected chi connectivity index (χ2v) is 8.10. The zero-order valence-electron chi connectivity index (χ0n) is 14.0. The lowest BCUT2D eigenvalue weighted by Crippen LogP contribution is -2.50. The summed E-state index contributed by atoms with van der Waals surface area (Å²) in [5, 5.41) is 0. The second-order valence-electron chi connectivity index (χ2n) is 6.41. The third-order valence-corrected chi connectivity index (χ3v) is 6.11. The lowest BCUT2D eigenvalue weighted by Gasteiger charge is -2.40. The van der Waals surface area contributed by atoms with E-state index in [4.69, 9.17) is 5.73 Å². The fourth-order valence-electron chi connectivity index (χ4n) is 3.15. The van der Waals surface area contributed by atoms with Gasteiger partial charge in [-0.3, -0.25) is 9.59 Å². The normalized spacial score (nSPS) is 15.9. The van der Waals surface area contributed by atoms with Gasteiger partial charge in [-0.05, 0) is 36.6 Å². The van der Waals surface area contributed by atoms with Crippen LogP contribution in [-0.4, -0.2) is 24.8 Å². The van der Waals surface area contributed by atoms with Crippen molar-refractivity contribution in [3.8, 4) is 0 Å². The molecule has 2 amide bonds. The first kappa shape index (κ1) is 18.1. The van der Waals surface area contributed by atoms with Crippen molar-refractivity contribution >= 4 is 21.8 Å². The third kappa shape index (κ3) is 2.98. The minimum Gasteiger partial charge on any atom is -0.364 e. The molecule has 3 N–H and O–H groups in total. The van der Waals surface area contributed by atoms with Gasteiger partial charge in [0, 0.05) is 13.2 Å². The van der Waals surface area contributed by atoms with E-state index in [-0.39, 0.29) is 10.6 Å². The van der Waals surface area contributed by atoms with Gasteiger partial charge in [0.05, 0.1) is 5.41 Å². The summed E-state index contributed by atoms with van der Waals surface area (Å²) in [4.78, 5) is 23.8. The zero-order valence-corrected chi connectivity index (χ0v) is 14.8. The summed E-state index contributed by atoms with van der Waals surface area (Å²) in [6.45, 7) is 0. The molecule has 0 spiro atoms. The maximum atomic E-state index is 13.2. The largest absolute Gasteiger partial charge is 0.364 e. The van der Waals surface area contributed by atoms with Crippen LogP contribution >= 0.6 is 0 Å². The van der Waals surface area contributed by atoms with Gasteiger partial charge in [0.25, 0.3) is 15.9 Å². The molecule has 2 aromatic rings. The minimum absolute atomic E-state index is 0.00900. The number of carbonyl (C=O) groups excluding carboxylic acids is 2. The molecular formula is C17H18FN3O4S. The average molecular weight is 379 g/mol. The topological polar surface area (TPSA) is 111 Å². The van der Waals surface area contributed by atoms with E-state index in [9.17, 15) is 22.4 Å². The van der Waals surface area contributed by atoms with E-state index in [1.807, 2.05) is 0 Å². The highest BCUT2D eigenvalue weighted by Gasteiger charge is 2.47. The number of sulfonamides is 1. The average Bonchev–Trinajstić information content (AvgIpc) is 2.90. The van der Waals surface area contributed by atoms with Gasteiger partial charge in [0.2, 0.25) is 5.91 Å². The molecule has 1 fully saturated rings. The quantitative estimate of drug-likeness (QED) is 0.813. The van der Waals surface area contributed by atoms with E-state index < -0.39 is 33.1 Å². The van der Waals surface area contributed by atoms with Crippen LogP contribution in [0.15, 0.2) is 41.4 Å². The van der Waals surface area contributed by atoms with E-state index in [2.05, 4.69) is 4.72 Å². The highest BCUT2D eigenvalue weighted by molar-refractivity contribution is 7.90. The first-order valence-electron chi connectivity index (χ1n) is 7.95. The number of hydrogen-bond acceptors (Lipinski definition) is 4. The lowest BCUT2D eigenvalue weighted by molar-refractivity contribution is -0.128. The fourth-order valence-corrected chi connectivity index (χ4v) is 4.27. The molecule has 138 valence electrons. The van der Waals surface area contributed by atoms with Crippen LogP contribution in [0.25, 0.3) is 0 Å². The van der Waals surface area contributed by atoms with E-state index in [0.29, 0.717) is 18.4 Å². The molecule has 7 nitrogen and oxygen atoms in total. The molecule has 0 bridgehead atoms. The number of halogens is 1. The van der Waals surface area contributed by atoms with Gasteiger partial charge in [-0.1, -0.05) is 18.6 Å². The SMILES string of the molecule is Cn1cc(S(=O)(=O)NC(=O)C2(c3ccc(F)cc3)CCC2)cc1C(N)=O. The summed E-state index contributed by atoms with van der Waals surface area (Å²) in [6, 6.07) is 6.59. The van der Waals surface area contributed by atoms with Crippen molar-refractivity contribution in [3.63, 3.8) is 0 Å². The number of benzene rings is 1. The minimum atomic E-state index is -4.17. The Morgan fingerprint density at radius 1 is 1.23 bits per heavy atom. The number of amides is 2. The molecule has 3 rings (SSSR count). The van der Waals surface area contributed by atoms with E-state index in [1.54, 1.807) is 0 Å². The molecule has 9 heteroatoms. The number of nitrogens with one attached hydrogen (secondary N) is 1. The van der Waals surface area contributed by atoms with Gasteiger partial charge in [0.1, 0.15) is 16.4 Å². The van der Waals surface area contributed by atoms with Gasteiger partial charge < -0.3 is 10.3 Å². The Kier molecular flexibility index (Phi) is 4.35. The number of primary amides is 1. The molecule has 1 aliphatic carbocycles. The summed E-state index contributed by atoms with van der Waals surface area (Å²) in [5.41, 5.74) is 4.77. The Labute approximate surface area is 150 Å². The molecule has 26 heavy (non-hydrogen) atoms. The number of hydrogen-bond donors (Lipinski definition) is 2. The van der Waals surface area contributed by atoms with Crippen LogP contribution < -0.4 is 10.5 Å². The Bertz CT molecular complexity index is 976. The van der Waals surface area contributed by atoms with Crippen molar-refractivity contribution < 1.29 is 22.4 Å². The molecule has 1 aromatic carbocycles. The fraction of sp³-hybridized carbons (Fsp3) is 0.294. The standard InChI is InChI=1S/C17H18FN3O4S/c1-21-10-13(9-14(21)15(19)22)26(24,25)20-16(23)17(7-2-8-17)11-3-5-12(18)6-4-11/h3-6,9-10H,2,7-8H2,1H3,(H2,19,22)(H,20,23). The number of carbonyl (C=O) groups is 2. The molecular weight excluding hydrogens is 361 g/mol. The maximum Gasteiger partial charge on any atom is 0.265 e. The van der Waals surface area contributed by atoms with Crippen LogP contribution in [-0.2, 0) is 27.3 Å². The summed E-state index contributed by atoms with van der Waals surface area (Å²) < 4.78 is 41.6. The molecule has 1 heterocycles. The molecule has 1 aromatic heterocycles. The summed E-state index contributed by atoms with van der Waals surface area (Å²) in [7, 11) is -2.69. The summed E-state index contributed by atoms with van der Waals surface area (Å²) in [5.74, 6) is -1.87. The molecule has 0 saturated heterocycles. The lowest BCUT2D eigenvalue weighted by atomic mass is 9.64. The first-order chi connectivity index (χ1) is 12.2. The summed E-state index contributed by atoms with van der Waals surface area (Å²) in [6.07, 6.45) is 2.92. The van der Waals surface area contributed by atoms with Crippen LogP contribution in [0.4, 0.5) is 4.39 Å². The Morgan fingerprint density at radius 3 is 2.31 bits per heavy atom. The predicted molar refractivity (Wildman–Crippen MR) is 91.2 cm³/mol. The molecule has 0 radical (unpaired) electrons. The Balaban J connectivity index is 1.89. The predicted octanol–water partition coefficient (Wildman–Crippen LogP) is 1.19. The highest BCUT2D eigenvalue weighted by atomic mass is 32.2. The first-order valence-corrected chi connectivity index (χ1v) is 9.43. The molecule has 0 aliphatic heterocycles. The van der Waals surface area contributed by atoms with E-state index in [1.165, 1.54) is 42.1 Å². The number of nitrogens with zero attached hydrogens (tertiary/aromatic N) is 1. The van der Waals surface area contributed by atoms with Gasteiger partial charge in [-0.2, -0.15) is 0 Å². The monoisotopic (exact) mass is 379 g/mol. The Morgan fingerprint density at radius 2 is 1.85 bits per heavy atom. The van der Waals surface area contributed by atoms with Crippen molar-refractivity contribution in [1.29, 1.82) is 0 Å². The van der Waals surface area contributed by atoms with Crippen LogP contribution in [0.5, 0.6) is 0 Å². The number of nitrogens with two attached hydrogens (primary N) is 1. The number of rotatable bonds is 5. The van der Waals surface area contributed by atoms with Crippen LogP contribution in [0, 0.1) is 5.82 Å². The van der Waals surface area contributed by atoms with Crippen molar-refractivity contribution in [2.45, 2.75) is 29.6 Å². The van der Waals surface area contributed by atoms with Gasteiger partial charge in [-0.15, -0.1) is 0 Å². The second kappa shape index (κ2) is 6.24. The highest BCUT2D eigenvalue weighted by Crippen LogP contribution is 2.44. The van der Waals surface area contributed by atoms with Crippen LogP contribution in [0.1, 0.15) is 35.3 Å². The number of aromatic nitrogens is 1. The zero-order chi connectivity index (χ0) is 19.1. The van der Waals surface area contributed by atoms with Crippen LogP contribution in [0.2, 0.25) is 0 Å². The third-order valence-electron chi connectivity index (χ3n) is 4.81. The van der Waals surface area contributed by atoms with Gasteiger partial charge in [-0.25, -0.2) is 17.5 Å². The van der Waals surface area contributed by atoms with Crippen molar-refractivity contribution in [3.05, 3.63) is 53.6 Å². The van der Waals surface area contributed by atoms with Crippen molar-refractivity contribution in [1.82, 2.24) is 9.29 Å². The molecule has 1 saturated carbocycles. The Hall–Kier alpha value is -2.68. The van der Waals surface area contributed by atoms with Crippen molar-refractivity contribution in [2.24, 2.45) is 12.8 Å². The molecule has 0 atom stereocenters. The van der Waals surface area contributed by atoms with E-state index in [0.717, 1.165) is 12.5 Å².